The van der Waals surface area contributed by atoms with E-state index in [0.717, 1.165) is 101 Å². The molecule has 12 nitrogen and oxygen atoms in total. The van der Waals surface area contributed by atoms with E-state index in [9.17, 15) is 14.4 Å². The van der Waals surface area contributed by atoms with Crippen LogP contribution in [0.2, 0.25) is 0 Å². The van der Waals surface area contributed by atoms with Crippen LogP contribution in [0.15, 0.2) is 54.7 Å². The molecule has 0 bridgehead atoms. The lowest BCUT2D eigenvalue weighted by Gasteiger charge is -2.40. The number of hydrogen-bond donors (Lipinski definition) is 3. The summed E-state index contributed by atoms with van der Waals surface area (Å²) in [5, 5.41) is 20.1. The maximum Gasteiger partial charge on any atom is 0.263 e. The van der Waals surface area contributed by atoms with E-state index >= 15 is 0 Å². The summed E-state index contributed by atoms with van der Waals surface area (Å²) in [6, 6.07) is 16.7. The molecule has 0 saturated carbocycles. The summed E-state index contributed by atoms with van der Waals surface area (Å²) in [6.07, 6.45) is 5.29. The van der Waals surface area contributed by atoms with Crippen molar-refractivity contribution in [2.75, 3.05) is 51.1 Å². The molecule has 3 saturated heterocycles. The number of pyridine rings is 1. The molecule has 9 rings (SSSR count). The number of rotatable bonds is 7. The van der Waals surface area contributed by atoms with Gasteiger partial charge in [0.2, 0.25) is 11.8 Å². The Kier molecular flexibility index (Phi) is 8.28. The van der Waals surface area contributed by atoms with E-state index in [1.165, 1.54) is 16.9 Å². The molecule has 262 valence electrons. The van der Waals surface area contributed by atoms with E-state index in [-0.39, 0.29) is 29.7 Å². The van der Waals surface area contributed by atoms with E-state index < -0.39 is 0 Å². The summed E-state index contributed by atoms with van der Waals surface area (Å²) >= 11 is 1.52. The smallest absolute Gasteiger partial charge is 0.263 e. The first-order chi connectivity index (χ1) is 24.9. The van der Waals surface area contributed by atoms with Crippen molar-refractivity contribution >= 4 is 55.7 Å². The van der Waals surface area contributed by atoms with E-state index in [4.69, 9.17) is 4.98 Å². The number of nitrogens with one attached hydrogen (secondary N) is 3. The number of aromatic nitrogens is 4. The van der Waals surface area contributed by atoms with Crippen molar-refractivity contribution in [3.8, 4) is 5.82 Å². The number of anilines is 1. The number of likely N-dealkylation sites (tertiary alicyclic amines) is 2. The number of hydrogen-bond acceptors (Lipinski definition) is 10. The van der Waals surface area contributed by atoms with Crippen LogP contribution in [0.3, 0.4) is 0 Å². The van der Waals surface area contributed by atoms with Crippen LogP contribution in [0.1, 0.15) is 76.9 Å². The fourth-order valence-corrected chi connectivity index (χ4v) is 9.24. The van der Waals surface area contributed by atoms with Crippen molar-refractivity contribution in [1.29, 1.82) is 0 Å². The molecule has 51 heavy (non-hydrogen) atoms. The fourth-order valence-electron chi connectivity index (χ4n) is 8.14. The van der Waals surface area contributed by atoms with Gasteiger partial charge in [-0.1, -0.05) is 29.5 Å². The van der Waals surface area contributed by atoms with Crippen molar-refractivity contribution in [3.05, 3.63) is 76.4 Å². The Balaban J connectivity index is 0.768. The Hall–Kier alpha value is -4.72. The van der Waals surface area contributed by atoms with Crippen molar-refractivity contribution in [3.63, 3.8) is 0 Å². The summed E-state index contributed by atoms with van der Waals surface area (Å²) in [5.41, 5.74) is 5.11. The summed E-state index contributed by atoms with van der Waals surface area (Å²) in [4.78, 5) is 47.3. The quantitative estimate of drug-likeness (QED) is 0.211. The molecule has 4 aliphatic rings. The van der Waals surface area contributed by atoms with Crippen molar-refractivity contribution < 1.29 is 14.4 Å². The van der Waals surface area contributed by atoms with Crippen LogP contribution < -0.4 is 16.0 Å². The van der Waals surface area contributed by atoms with Gasteiger partial charge in [-0.15, -0.1) is 16.4 Å². The Morgan fingerprint density at radius 2 is 1.67 bits per heavy atom. The third kappa shape index (κ3) is 6.17. The molecule has 0 aliphatic carbocycles. The van der Waals surface area contributed by atoms with Gasteiger partial charge in [-0.2, -0.15) is 0 Å². The minimum atomic E-state index is -0.225. The van der Waals surface area contributed by atoms with Gasteiger partial charge in [-0.3, -0.25) is 19.7 Å². The molecule has 0 radical (unpaired) electrons. The van der Waals surface area contributed by atoms with Gasteiger partial charge >= 0.3 is 0 Å². The molecule has 13 heteroatoms. The van der Waals surface area contributed by atoms with Gasteiger partial charge < -0.3 is 20.4 Å². The zero-order valence-electron chi connectivity index (χ0n) is 28.6. The molecule has 0 spiro atoms. The fraction of sp³-hybridized carbons (Fsp3) is 0.421. The number of piperidine rings is 2. The topological polar surface area (TPSA) is 137 Å². The number of benzene rings is 2. The minimum absolute atomic E-state index is 0.0275. The van der Waals surface area contributed by atoms with Crippen LogP contribution in [0, 0.1) is 0 Å². The Labute approximate surface area is 299 Å². The van der Waals surface area contributed by atoms with Crippen LogP contribution in [0.25, 0.3) is 26.8 Å². The third-order valence-corrected chi connectivity index (χ3v) is 12.3. The second-order valence-electron chi connectivity index (χ2n) is 14.6. The maximum atomic E-state index is 12.8. The molecule has 3 N–H and O–H groups in total. The first-order valence-electron chi connectivity index (χ1n) is 18.1. The number of nitrogens with zero attached hydrogens (tertiary/aromatic N) is 6. The van der Waals surface area contributed by atoms with Gasteiger partial charge in [0, 0.05) is 66.6 Å². The van der Waals surface area contributed by atoms with E-state index in [0.29, 0.717) is 31.2 Å². The van der Waals surface area contributed by atoms with Crippen LogP contribution in [-0.2, 0) is 9.59 Å². The molecule has 1 unspecified atom stereocenters. The molecule has 3 fully saturated rings. The molecule has 3 aromatic heterocycles. The largest absolute Gasteiger partial charge is 0.381 e. The summed E-state index contributed by atoms with van der Waals surface area (Å²) in [6.45, 7) is 8.97. The SMILES string of the molecule is C[C@@H]1CNc2c(sc3ccc4nc(-n5cc(C6CN(CCN7CCC(c8ccc(C9CCC(=O)NC9=O)cc8)CC7)C6)nn5)ccc4c23)C(=O)N1. The second kappa shape index (κ2) is 13.1. The average molecular weight is 704 g/mol. The lowest BCUT2D eigenvalue weighted by Crippen LogP contribution is -2.49. The monoisotopic (exact) mass is 703 g/mol. The summed E-state index contributed by atoms with van der Waals surface area (Å²) in [7, 11) is 0. The molecule has 3 amide bonds. The van der Waals surface area contributed by atoms with E-state index in [1.807, 2.05) is 25.3 Å². The average Bonchev–Trinajstić information content (AvgIpc) is 3.73. The van der Waals surface area contributed by atoms with Gasteiger partial charge in [0.1, 0.15) is 4.88 Å². The Morgan fingerprint density at radius 3 is 2.47 bits per heavy atom. The van der Waals surface area contributed by atoms with Gasteiger partial charge in [-0.25, -0.2) is 9.67 Å². The van der Waals surface area contributed by atoms with Crippen LogP contribution >= 0.6 is 11.3 Å². The van der Waals surface area contributed by atoms with Crippen molar-refractivity contribution in [1.82, 2.24) is 40.4 Å². The van der Waals surface area contributed by atoms with Crippen LogP contribution in [0.5, 0.6) is 0 Å². The first-order valence-corrected chi connectivity index (χ1v) is 18.9. The van der Waals surface area contributed by atoms with Gasteiger partial charge in [0.25, 0.3) is 5.91 Å². The Morgan fingerprint density at radius 1 is 0.882 bits per heavy atom. The summed E-state index contributed by atoms with van der Waals surface area (Å²) in [5.74, 6) is 1.04. The number of fused-ring (bicyclic) bond motifs is 5. The highest BCUT2D eigenvalue weighted by Crippen LogP contribution is 2.41. The van der Waals surface area contributed by atoms with Crippen LogP contribution in [0.4, 0.5) is 5.69 Å². The lowest BCUT2D eigenvalue weighted by atomic mass is 9.86. The molecular formula is C38H41N9O3S. The lowest BCUT2D eigenvalue weighted by molar-refractivity contribution is -0.134. The van der Waals surface area contributed by atoms with Gasteiger partial charge in [0.15, 0.2) is 5.82 Å². The maximum absolute atomic E-state index is 12.8. The molecular weight excluding hydrogens is 663 g/mol. The van der Waals surface area contributed by atoms with E-state index in [1.54, 1.807) is 4.68 Å². The third-order valence-electron chi connectivity index (χ3n) is 11.2. The highest BCUT2D eigenvalue weighted by atomic mass is 32.1. The first kappa shape index (κ1) is 32.2. The van der Waals surface area contributed by atoms with Gasteiger partial charge in [0.05, 0.1) is 29.0 Å². The molecule has 7 heterocycles. The van der Waals surface area contributed by atoms with Crippen LogP contribution in [-0.4, -0.2) is 99.4 Å². The number of carbonyl (C=O) groups is 3. The van der Waals surface area contributed by atoms with Crippen molar-refractivity contribution in [2.24, 2.45) is 0 Å². The zero-order chi connectivity index (χ0) is 34.6. The number of amides is 3. The van der Waals surface area contributed by atoms with Gasteiger partial charge in [-0.05, 0) is 80.6 Å². The molecule has 2 atom stereocenters. The number of carbonyl (C=O) groups excluding carboxylic acids is 3. The van der Waals surface area contributed by atoms with E-state index in [2.05, 4.69) is 72.5 Å². The molecule has 4 aliphatic heterocycles. The molecule has 2 aromatic carbocycles. The molecule has 5 aromatic rings. The zero-order valence-corrected chi connectivity index (χ0v) is 29.4. The minimum Gasteiger partial charge on any atom is -0.381 e. The Bertz CT molecular complexity index is 2150. The predicted octanol–water partition coefficient (Wildman–Crippen LogP) is 4.37. The highest BCUT2D eigenvalue weighted by molar-refractivity contribution is 7.21. The second-order valence-corrected chi connectivity index (χ2v) is 15.6. The summed E-state index contributed by atoms with van der Waals surface area (Å²) < 4.78 is 2.84. The van der Waals surface area contributed by atoms with Crippen molar-refractivity contribution in [2.45, 2.75) is 56.4 Å². The highest BCUT2D eigenvalue weighted by Gasteiger charge is 2.32. The predicted molar refractivity (Wildman–Crippen MR) is 197 cm³/mol. The standard InChI is InChI=1S/C38H41N9O3S/c1-22-18-39-35-34-28-6-10-32(41-29(28)8-9-31(34)51-36(35)38(50)40-22)47-21-30(43-44-47)26-19-46(20-26)17-16-45-14-12-24(13-15-45)23-2-4-25(5-3-23)27-7-11-33(48)42-37(27)49/h2-6,8-10,21-22,24,26-27,39H,7,11-20H2,1H3,(H,40,50)(H,42,48,49)/t22-,27?/m1/s1. The number of thiophene rings is 1. The number of imide groups is 1. The normalized spacial score (nSPS) is 22.3.